The van der Waals surface area contributed by atoms with Crippen molar-refractivity contribution in [3.05, 3.63) is 0 Å². The molecule has 0 aromatic carbocycles. The number of nitrogens with two attached hydrogens (primary N) is 1. The SMILES string of the molecule is CSC[C@@](C)(N)C(=O)O. The Labute approximate surface area is 58.6 Å². The lowest BCUT2D eigenvalue weighted by Gasteiger charge is -2.16. The minimum absolute atomic E-state index is 0.447. The van der Waals surface area contributed by atoms with Gasteiger partial charge in [0.2, 0.25) is 0 Å². The van der Waals surface area contributed by atoms with Gasteiger partial charge in [-0.25, -0.2) is 0 Å². The summed E-state index contributed by atoms with van der Waals surface area (Å²) >= 11 is 1.43. The Balaban J connectivity index is 3.85. The van der Waals surface area contributed by atoms with Crippen molar-refractivity contribution < 1.29 is 9.90 Å². The Morgan fingerprint density at radius 1 is 1.89 bits per heavy atom. The van der Waals surface area contributed by atoms with Gasteiger partial charge in [-0.15, -0.1) is 0 Å². The molecule has 0 saturated carbocycles. The molecular formula is C5H11NO2S. The Bertz CT molecular complexity index is 114. The van der Waals surface area contributed by atoms with Crippen LogP contribution in [0, 0.1) is 0 Å². The first-order chi connectivity index (χ1) is 4.00. The minimum Gasteiger partial charge on any atom is -0.480 e. The molecule has 0 fully saturated rings. The zero-order valence-corrected chi connectivity index (χ0v) is 6.36. The second kappa shape index (κ2) is 3.08. The van der Waals surface area contributed by atoms with E-state index in [-0.39, 0.29) is 0 Å². The molecule has 0 radical (unpaired) electrons. The van der Waals surface area contributed by atoms with Crippen molar-refractivity contribution in [2.45, 2.75) is 12.5 Å². The van der Waals surface area contributed by atoms with Crippen LogP contribution in [0.3, 0.4) is 0 Å². The summed E-state index contributed by atoms with van der Waals surface area (Å²) in [6.45, 7) is 1.51. The van der Waals surface area contributed by atoms with Crippen LogP contribution < -0.4 is 5.73 Å². The van der Waals surface area contributed by atoms with Crippen molar-refractivity contribution in [3.8, 4) is 0 Å². The summed E-state index contributed by atoms with van der Waals surface area (Å²) in [7, 11) is 0. The van der Waals surface area contributed by atoms with Crippen LogP contribution in [0.1, 0.15) is 6.92 Å². The predicted octanol–water partition coefficient (Wildman–Crippen LogP) is 0.151. The summed E-state index contributed by atoms with van der Waals surface area (Å²) < 4.78 is 0. The van der Waals surface area contributed by atoms with Crippen LogP contribution in [0.5, 0.6) is 0 Å². The molecule has 4 heteroatoms. The molecule has 0 amide bonds. The van der Waals surface area contributed by atoms with Gasteiger partial charge in [0.25, 0.3) is 0 Å². The van der Waals surface area contributed by atoms with Crippen molar-refractivity contribution in [2.24, 2.45) is 5.73 Å². The molecule has 0 aromatic heterocycles. The standard InChI is InChI=1S/C5H11NO2S/c1-5(6,3-9-2)4(7)8/h3,6H2,1-2H3,(H,7,8)/t5-/m1/s1. The average molecular weight is 149 g/mol. The molecule has 0 heterocycles. The molecule has 0 spiro atoms. The number of hydrogen-bond donors (Lipinski definition) is 2. The molecule has 54 valence electrons. The number of carboxylic acids is 1. The van der Waals surface area contributed by atoms with Crippen LogP contribution in [0.4, 0.5) is 0 Å². The lowest BCUT2D eigenvalue weighted by molar-refractivity contribution is -0.141. The highest BCUT2D eigenvalue weighted by Gasteiger charge is 2.26. The summed E-state index contributed by atoms with van der Waals surface area (Å²) in [5.41, 5.74) is 4.28. The van der Waals surface area contributed by atoms with Crippen molar-refractivity contribution in [3.63, 3.8) is 0 Å². The second-order valence-electron chi connectivity index (χ2n) is 2.16. The van der Waals surface area contributed by atoms with Gasteiger partial charge in [-0.3, -0.25) is 4.79 Å². The normalized spacial score (nSPS) is 16.8. The highest BCUT2D eigenvalue weighted by Crippen LogP contribution is 2.06. The number of carboxylic acid groups (broad SMARTS) is 1. The van der Waals surface area contributed by atoms with Gasteiger partial charge in [0.15, 0.2) is 0 Å². The Morgan fingerprint density at radius 3 is 2.44 bits per heavy atom. The van der Waals surface area contributed by atoms with E-state index in [1.807, 2.05) is 6.26 Å². The number of carbonyl (C=O) groups is 1. The van der Waals surface area contributed by atoms with E-state index in [0.29, 0.717) is 5.75 Å². The van der Waals surface area contributed by atoms with E-state index < -0.39 is 11.5 Å². The molecule has 3 N–H and O–H groups in total. The first-order valence-corrected chi connectivity index (χ1v) is 3.91. The molecule has 0 saturated heterocycles. The molecular weight excluding hydrogens is 138 g/mol. The third-order valence-electron chi connectivity index (χ3n) is 0.933. The summed E-state index contributed by atoms with van der Waals surface area (Å²) in [5.74, 6) is -0.501. The van der Waals surface area contributed by atoms with E-state index in [9.17, 15) is 4.79 Å². The average Bonchev–Trinajstić information content (AvgIpc) is 1.65. The molecule has 0 aromatic rings. The van der Waals surface area contributed by atoms with Crippen molar-refractivity contribution in [2.75, 3.05) is 12.0 Å². The molecule has 0 rings (SSSR count). The maximum atomic E-state index is 10.3. The van der Waals surface area contributed by atoms with Crippen LogP contribution in [0.2, 0.25) is 0 Å². The van der Waals surface area contributed by atoms with Gasteiger partial charge in [-0.2, -0.15) is 11.8 Å². The van der Waals surface area contributed by atoms with Crippen molar-refractivity contribution in [1.82, 2.24) is 0 Å². The van der Waals surface area contributed by atoms with Crippen LogP contribution in [0.15, 0.2) is 0 Å². The molecule has 1 atom stereocenters. The predicted molar refractivity (Wildman–Crippen MR) is 38.6 cm³/mol. The number of rotatable bonds is 3. The third-order valence-corrected chi connectivity index (χ3v) is 1.82. The van der Waals surface area contributed by atoms with Crippen molar-refractivity contribution in [1.29, 1.82) is 0 Å². The van der Waals surface area contributed by atoms with Gasteiger partial charge >= 0.3 is 5.97 Å². The largest absolute Gasteiger partial charge is 0.480 e. The Morgan fingerprint density at radius 2 is 2.33 bits per heavy atom. The Hall–Kier alpha value is -0.220. The number of aliphatic carboxylic acids is 1. The van der Waals surface area contributed by atoms with Crippen LogP contribution in [0.25, 0.3) is 0 Å². The maximum Gasteiger partial charge on any atom is 0.324 e. The lowest BCUT2D eigenvalue weighted by Crippen LogP contribution is -2.47. The fourth-order valence-electron chi connectivity index (χ4n) is 0.362. The summed E-state index contributed by atoms with van der Waals surface area (Å²) in [5, 5.41) is 8.43. The smallest absolute Gasteiger partial charge is 0.324 e. The van der Waals surface area contributed by atoms with Gasteiger partial charge in [-0.1, -0.05) is 0 Å². The quantitative estimate of drug-likeness (QED) is 0.599. The molecule has 0 aliphatic carbocycles. The minimum atomic E-state index is -1.07. The second-order valence-corrected chi connectivity index (χ2v) is 3.02. The molecule has 3 nitrogen and oxygen atoms in total. The lowest BCUT2D eigenvalue weighted by atomic mass is 10.1. The van der Waals surface area contributed by atoms with E-state index in [2.05, 4.69) is 0 Å². The number of hydrogen-bond acceptors (Lipinski definition) is 3. The highest BCUT2D eigenvalue weighted by molar-refractivity contribution is 7.98. The zero-order valence-electron chi connectivity index (χ0n) is 5.55. The molecule has 0 unspecified atom stereocenters. The summed E-state index contributed by atoms with van der Waals surface area (Å²) in [6.07, 6.45) is 1.83. The van der Waals surface area contributed by atoms with Gasteiger partial charge in [0.05, 0.1) is 0 Å². The van der Waals surface area contributed by atoms with Gasteiger partial charge in [0, 0.05) is 5.75 Å². The molecule has 0 aliphatic heterocycles. The third kappa shape index (κ3) is 2.72. The summed E-state index contributed by atoms with van der Waals surface area (Å²) in [4.78, 5) is 10.3. The van der Waals surface area contributed by atoms with Gasteiger partial charge < -0.3 is 10.8 Å². The Kier molecular flexibility index (Phi) is 3.00. The van der Waals surface area contributed by atoms with E-state index in [4.69, 9.17) is 10.8 Å². The highest BCUT2D eigenvalue weighted by atomic mass is 32.2. The van der Waals surface area contributed by atoms with Crippen LogP contribution in [-0.2, 0) is 4.79 Å². The van der Waals surface area contributed by atoms with E-state index in [1.165, 1.54) is 18.7 Å². The molecule has 0 bridgehead atoms. The van der Waals surface area contributed by atoms with E-state index >= 15 is 0 Å². The first kappa shape index (κ1) is 8.78. The number of thioether (sulfide) groups is 1. The molecule has 9 heavy (non-hydrogen) atoms. The van der Waals surface area contributed by atoms with Crippen LogP contribution in [-0.4, -0.2) is 28.6 Å². The monoisotopic (exact) mass is 149 g/mol. The molecule has 0 aliphatic rings. The van der Waals surface area contributed by atoms with Gasteiger partial charge in [0.1, 0.15) is 5.54 Å². The first-order valence-electron chi connectivity index (χ1n) is 2.52. The fraction of sp³-hybridized carbons (Fsp3) is 0.800. The maximum absolute atomic E-state index is 10.3. The van der Waals surface area contributed by atoms with Gasteiger partial charge in [-0.05, 0) is 13.2 Å². The topological polar surface area (TPSA) is 63.3 Å². The summed E-state index contributed by atoms with van der Waals surface area (Å²) in [6, 6.07) is 0. The van der Waals surface area contributed by atoms with Crippen molar-refractivity contribution >= 4 is 17.7 Å². The zero-order chi connectivity index (χ0) is 7.49. The van der Waals surface area contributed by atoms with E-state index in [0.717, 1.165) is 0 Å². The fourth-order valence-corrected chi connectivity index (χ4v) is 1.08. The van der Waals surface area contributed by atoms with Crippen LogP contribution >= 0.6 is 11.8 Å². The van der Waals surface area contributed by atoms with E-state index in [1.54, 1.807) is 0 Å².